The summed E-state index contributed by atoms with van der Waals surface area (Å²) in [6.07, 6.45) is 5.78. The van der Waals surface area contributed by atoms with Gasteiger partial charge in [0, 0.05) is 41.1 Å². The molecule has 1 amide bonds. The van der Waals surface area contributed by atoms with Crippen LogP contribution in [0.5, 0.6) is 5.75 Å². The number of halogens is 3. The molecule has 166 valence electrons. The van der Waals surface area contributed by atoms with Gasteiger partial charge in [-0.2, -0.15) is 0 Å². The highest BCUT2D eigenvalue weighted by molar-refractivity contribution is 7.97. The van der Waals surface area contributed by atoms with E-state index >= 15 is 0 Å². The van der Waals surface area contributed by atoms with E-state index in [1.54, 1.807) is 18.4 Å². The largest absolute Gasteiger partial charge is 0.493 e. The van der Waals surface area contributed by atoms with Crippen LogP contribution < -0.4 is 14.4 Å². The number of carbonyl (C=O) groups excluding carboxylic acids is 1. The van der Waals surface area contributed by atoms with Gasteiger partial charge in [0.25, 0.3) is 5.91 Å². The topological polar surface area (TPSA) is 41.6 Å². The first-order chi connectivity index (χ1) is 14.9. The van der Waals surface area contributed by atoms with Gasteiger partial charge in [-0.15, -0.1) is 0 Å². The van der Waals surface area contributed by atoms with Crippen LogP contribution in [-0.4, -0.2) is 31.9 Å². The molecular weight excluding hydrogens is 458 g/mol. The first-order valence-corrected chi connectivity index (χ1v) is 12.4. The van der Waals surface area contributed by atoms with Crippen molar-refractivity contribution in [3.8, 4) is 5.75 Å². The maximum absolute atomic E-state index is 14.6. The molecule has 2 aromatic carbocycles. The molecule has 2 aromatic rings. The highest BCUT2D eigenvalue weighted by Crippen LogP contribution is 2.45. The van der Waals surface area contributed by atoms with Gasteiger partial charge in [-0.3, -0.25) is 9.52 Å². The Morgan fingerprint density at radius 3 is 2.42 bits per heavy atom. The predicted octanol–water partition coefficient (Wildman–Crippen LogP) is 6.31. The smallest absolute Gasteiger partial charge is 0.264 e. The van der Waals surface area contributed by atoms with Gasteiger partial charge >= 0.3 is 0 Å². The lowest BCUT2D eigenvalue weighted by atomic mass is 9.97. The minimum absolute atomic E-state index is 0.0806. The van der Waals surface area contributed by atoms with E-state index in [9.17, 15) is 9.18 Å². The van der Waals surface area contributed by atoms with Crippen LogP contribution in [0.25, 0.3) is 0 Å². The van der Waals surface area contributed by atoms with Crippen LogP contribution in [0.2, 0.25) is 10.0 Å². The standard InChI is InChI=1S/C23H25Cl2FN2O2S/c1-31-27-23(29)20-11-19(15-2-3-15)22(12-21(20)26)30-13-14-4-6-28(7-5-14)18-9-16(24)8-17(25)10-18/h8-12,14-15H,2-7,13H2,1H3,(H,27,29). The molecule has 0 bridgehead atoms. The molecule has 0 spiro atoms. The third-order valence-electron chi connectivity index (χ3n) is 5.86. The van der Waals surface area contributed by atoms with Gasteiger partial charge in [0.1, 0.15) is 11.6 Å². The van der Waals surface area contributed by atoms with Gasteiger partial charge in [-0.25, -0.2) is 4.39 Å². The zero-order valence-corrected chi connectivity index (χ0v) is 19.6. The second-order valence-electron chi connectivity index (χ2n) is 8.15. The molecule has 0 radical (unpaired) electrons. The lowest BCUT2D eigenvalue weighted by Gasteiger charge is -2.33. The molecule has 1 heterocycles. The molecule has 1 aliphatic heterocycles. The monoisotopic (exact) mass is 482 g/mol. The summed E-state index contributed by atoms with van der Waals surface area (Å²) in [5, 5.41) is 1.27. The van der Waals surface area contributed by atoms with E-state index in [2.05, 4.69) is 9.62 Å². The number of ether oxygens (including phenoxy) is 1. The highest BCUT2D eigenvalue weighted by atomic mass is 35.5. The maximum Gasteiger partial charge on any atom is 0.264 e. The van der Waals surface area contributed by atoms with E-state index in [1.165, 1.54) is 6.07 Å². The van der Waals surface area contributed by atoms with Crippen molar-refractivity contribution in [2.24, 2.45) is 5.92 Å². The summed E-state index contributed by atoms with van der Waals surface area (Å²) in [7, 11) is 0. The summed E-state index contributed by atoms with van der Waals surface area (Å²) < 4.78 is 23.3. The minimum Gasteiger partial charge on any atom is -0.493 e. The number of anilines is 1. The number of hydrogen-bond donors (Lipinski definition) is 1. The van der Waals surface area contributed by atoms with Gasteiger partial charge < -0.3 is 9.64 Å². The summed E-state index contributed by atoms with van der Waals surface area (Å²) >= 11 is 13.4. The summed E-state index contributed by atoms with van der Waals surface area (Å²) in [5.41, 5.74) is 2.06. The average molecular weight is 483 g/mol. The van der Waals surface area contributed by atoms with Crippen molar-refractivity contribution in [3.05, 3.63) is 57.3 Å². The van der Waals surface area contributed by atoms with Gasteiger partial charge in [0.2, 0.25) is 0 Å². The van der Waals surface area contributed by atoms with Crippen LogP contribution in [0, 0.1) is 11.7 Å². The maximum atomic E-state index is 14.6. The van der Waals surface area contributed by atoms with Crippen molar-refractivity contribution in [1.82, 2.24) is 4.72 Å². The molecule has 31 heavy (non-hydrogen) atoms. The van der Waals surface area contributed by atoms with Gasteiger partial charge in [-0.1, -0.05) is 35.1 Å². The predicted molar refractivity (Wildman–Crippen MR) is 126 cm³/mol. The number of nitrogens with zero attached hydrogens (tertiary/aromatic N) is 1. The van der Waals surface area contributed by atoms with E-state index in [4.69, 9.17) is 27.9 Å². The van der Waals surface area contributed by atoms with E-state index in [0.29, 0.717) is 34.2 Å². The van der Waals surface area contributed by atoms with E-state index in [1.807, 2.05) is 12.1 Å². The SMILES string of the molecule is CSNC(=O)c1cc(C2CC2)c(OCC2CCN(c3cc(Cl)cc(Cl)c3)CC2)cc1F. The van der Waals surface area contributed by atoms with Gasteiger partial charge in [-0.05, 0) is 67.3 Å². The Morgan fingerprint density at radius 2 is 1.81 bits per heavy atom. The fourth-order valence-corrected chi connectivity index (χ4v) is 4.83. The van der Waals surface area contributed by atoms with Crippen LogP contribution in [-0.2, 0) is 0 Å². The van der Waals surface area contributed by atoms with Crippen LogP contribution in [0.15, 0.2) is 30.3 Å². The molecule has 1 saturated heterocycles. The molecule has 0 aromatic heterocycles. The van der Waals surface area contributed by atoms with Crippen molar-refractivity contribution in [2.75, 3.05) is 30.9 Å². The average Bonchev–Trinajstić information content (AvgIpc) is 3.57. The molecule has 4 rings (SSSR count). The molecule has 0 unspecified atom stereocenters. The normalized spacial score (nSPS) is 17.0. The fourth-order valence-electron chi connectivity index (χ4n) is 4.02. The Labute approximate surface area is 196 Å². The Morgan fingerprint density at radius 1 is 1.13 bits per heavy atom. The summed E-state index contributed by atoms with van der Waals surface area (Å²) in [6.45, 7) is 2.32. The van der Waals surface area contributed by atoms with Crippen molar-refractivity contribution in [2.45, 2.75) is 31.6 Å². The molecule has 1 N–H and O–H groups in total. The molecular formula is C23H25Cl2FN2O2S. The number of amides is 1. The van der Waals surface area contributed by atoms with Crippen molar-refractivity contribution in [1.29, 1.82) is 0 Å². The Balaban J connectivity index is 1.38. The second-order valence-corrected chi connectivity index (χ2v) is 9.63. The molecule has 2 fully saturated rings. The van der Waals surface area contributed by atoms with Crippen LogP contribution in [0.1, 0.15) is 47.5 Å². The first-order valence-electron chi connectivity index (χ1n) is 10.4. The number of nitrogens with one attached hydrogen (secondary N) is 1. The lowest BCUT2D eigenvalue weighted by Crippen LogP contribution is -2.35. The van der Waals surface area contributed by atoms with Crippen molar-refractivity contribution < 1.29 is 13.9 Å². The lowest BCUT2D eigenvalue weighted by molar-refractivity contribution is 0.0980. The Hall–Kier alpha value is -1.63. The van der Waals surface area contributed by atoms with Crippen LogP contribution in [0.3, 0.4) is 0 Å². The van der Waals surface area contributed by atoms with Crippen LogP contribution in [0.4, 0.5) is 10.1 Å². The van der Waals surface area contributed by atoms with Crippen molar-refractivity contribution in [3.63, 3.8) is 0 Å². The first kappa shape index (κ1) is 22.6. The third-order valence-corrected chi connectivity index (χ3v) is 6.68. The van der Waals surface area contributed by atoms with Crippen molar-refractivity contribution >= 4 is 46.7 Å². The molecule has 1 saturated carbocycles. The fraction of sp³-hybridized carbons (Fsp3) is 0.435. The third kappa shape index (κ3) is 5.60. The zero-order chi connectivity index (χ0) is 22.0. The quantitative estimate of drug-likeness (QED) is 0.469. The van der Waals surface area contributed by atoms with Gasteiger partial charge in [0.15, 0.2) is 0 Å². The van der Waals surface area contributed by atoms with E-state index in [0.717, 1.165) is 62.0 Å². The molecule has 8 heteroatoms. The summed E-state index contributed by atoms with van der Waals surface area (Å²) in [6, 6.07) is 8.65. The second kappa shape index (κ2) is 9.88. The molecule has 4 nitrogen and oxygen atoms in total. The molecule has 0 atom stereocenters. The minimum atomic E-state index is -0.543. The number of rotatable bonds is 7. The number of piperidine rings is 1. The summed E-state index contributed by atoms with van der Waals surface area (Å²) in [4.78, 5) is 14.4. The van der Waals surface area contributed by atoms with E-state index in [-0.39, 0.29) is 5.56 Å². The molecule has 1 aliphatic carbocycles. The summed E-state index contributed by atoms with van der Waals surface area (Å²) in [5.74, 6) is 0.363. The van der Waals surface area contributed by atoms with E-state index < -0.39 is 11.7 Å². The zero-order valence-electron chi connectivity index (χ0n) is 17.3. The highest BCUT2D eigenvalue weighted by Gasteiger charge is 2.30. The Bertz CT molecular complexity index is 943. The Kier molecular flexibility index (Phi) is 7.19. The van der Waals surface area contributed by atoms with Gasteiger partial charge in [0.05, 0.1) is 12.2 Å². The number of benzene rings is 2. The van der Waals surface area contributed by atoms with Crippen LogP contribution >= 0.6 is 35.1 Å². The number of hydrogen-bond acceptors (Lipinski definition) is 4. The molecule has 2 aliphatic rings. The number of carbonyl (C=O) groups is 1.